The highest BCUT2D eigenvalue weighted by Gasteiger charge is 2.58. The summed E-state index contributed by atoms with van der Waals surface area (Å²) >= 11 is 0. The highest BCUT2D eigenvalue weighted by atomic mass is 32.2. The maximum absolute atomic E-state index is 12.8. The predicted octanol–water partition coefficient (Wildman–Crippen LogP) is 2.31. The first-order chi connectivity index (χ1) is 38.6. The number of carbonyl (C=O) groups excluding carboxylic acids is 4. The Kier molecular flexibility index (Phi) is 18.3. The van der Waals surface area contributed by atoms with E-state index in [-0.39, 0.29) is 44.0 Å². The lowest BCUT2D eigenvalue weighted by molar-refractivity contribution is -0.197. The summed E-state index contributed by atoms with van der Waals surface area (Å²) in [6.07, 6.45) is -3.12. The molecule has 6 aromatic rings. The number of likely N-dealkylation sites (N-methyl/N-ethyl adjacent to an activating group) is 2. The topological polar surface area (TPSA) is 380 Å². The summed E-state index contributed by atoms with van der Waals surface area (Å²) < 4.78 is 80.2. The third kappa shape index (κ3) is 12.4. The molecule has 0 radical (unpaired) electrons. The Balaban J connectivity index is 0.000000213. The van der Waals surface area contributed by atoms with Crippen molar-refractivity contribution in [3.8, 4) is 0 Å². The molecule has 32 heteroatoms. The normalized spacial score (nSPS) is 22.3. The van der Waals surface area contributed by atoms with Gasteiger partial charge in [-0.3, -0.25) is 29.4 Å². The van der Waals surface area contributed by atoms with Gasteiger partial charge in [0.2, 0.25) is 20.0 Å². The lowest BCUT2D eigenvalue weighted by Crippen LogP contribution is -2.42. The number of hydrogen-bond donors (Lipinski definition) is 8. The van der Waals surface area contributed by atoms with Crippen LogP contribution in [0.3, 0.4) is 0 Å². The molecule has 0 spiro atoms. The van der Waals surface area contributed by atoms with Crippen LogP contribution in [0.5, 0.6) is 0 Å². The van der Waals surface area contributed by atoms with Crippen molar-refractivity contribution in [1.29, 1.82) is 0 Å². The summed E-state index contributed by atoms with van der Waals surface area (Å²) in [5, 5.41) is 36.6. The zero-order valence-electron chi connectivity index (χ0n) is 45.4. The number of amides is 6. The number of ether oxygens (including phenoxy) is 4. The number of hydrogen-bond acceptors (Lipinski definition) is 20. The zero-order valence-corrected chi connectivity index (χ0v) is 47.0. The van der Waals surface area contributed by atoms with Gasteiger partial charge in [-0.1, -0.05) is 27.7 Å². The van der Waals surface area contributed by atoms with Gasteiger partial charge in [0.1, 0.15) is 37.1 Å². The number of rotatable bonds is 18. The van der Waals surface area contributed by atoms with Gasteiger partial charge >= 0.3 is 12.1 Å². The lowest BCUT2D eigenvalue weighted by Gasteiger charge is -2.24. The van der Waals surface area contributed by atoms with Crippen LogP contribution in [0.15, 0.2) is 83.6 Å². The monoisotopic (exact) mass is 1160 g/mol. The number of sulfonamides is 2. The number of urea groups is 2. The zero-order chi connectivity index (χ0) is 58.6. The lowest BCUT2D eigenvalue weighted by atomic mass is 10.1. The van der Waals surface area contributed by atoms with Gasteiger partial charge in [0.25, 0.3) is 11.8 Å². The molecule has 0 unspecified atom stereocenters. The standard InChI is InChI=1S/C26H34N8O7S.C23H30N8O7S/c1-6-27-23(35)19-18-20(41-26(4,5)40-18)24(39-19)34-14-30-17-21(28-13-29-22(17)34)32-25(36)31-15-9-11-16(12-10-15)42(37,38)33(7-2)8-3;1-4-24-21(34)18-16(32)17(33)22(38-18)31-12-27-15-19(25-11-26-20(15)31)29-23(35)28-13-7-9-14(10-8-13)39(36,37)30(5-2)6-3/h9-14,18-20,24H,6-8H2,1-5H3,(H,27,35)(H2,28,29,31,32,36);7-12,16-18,22,32-33H,4-6H2,1-3H3,(H,24,34)(H2,25,26,28,29,35)/t18-,19+,20-,24-;16-,17+,18-,22+/m10/s1. The molecule has 3 aliphatic heterocycles. The molecule has 8 N–H and O–H groups in total. The number of aromatic nitrogens is 8. The van der Waals surface area contributed by atoms with Gasteiger partial charge in [-0.15, -0.1) is 0 Å². The SMILES string of the molecule is CCNC(=O)[C@H]1O[C@@H](n2cnc3c(NC(=O)Nc4ccc(S(=O)(=O)N(CC)CC)cc4)ncnc32)[C@@H]2OC(C)(C)O[C@@H]21.CCNC(=O)[C@H]1O[C@@H](n2cnc3c(NC(=O)Nc4ccc(S(=O)(=O)N(CC)CC)cc4)ncnc32)[C@H](O)[C@@H]1O. The van der Waals surface area contributed by atoms with Crippen molar-refractivity contribution in [3.05, 3.63) is 73.8 Å². The van der Waals surface area contributed by atoms with Gasteiger partial charge in [-0.25, -0.2) is 56.3 Å². The van der Waals surface area contributed by atoms with E-state index < -0.39 is 92.9 Å². The Hall–Kier alpha value is -7.40. The first-order valence-corrected chi connectivity index (χ1v) is 28.8. The molecule has 6 amide bonds. The molecule has 7 heterocycles. The van der Waals surface area contributed by atoms with Crippen molar-refractivity contribution in [2.24, 2.45) is 0 Å². The molecule has 2 aromatic carbocycles. The smallest absolute Gasteiger partial charge is 0.324 e. The Bertz CT molecular complexity index is 3470. The van der Waals surface area contributed by atoms with Gasteiger partial charge in [0, 0.05) is 50.6 Å². The van der Waals surface area contributed by atoms with Crippen molar-refractivity contribution in [2.45, 2.75) is 120 Å². The van der Waals surface area contributed by atoms with Gasteiger partial charge in [-0.2, -0.15) is 8.61 Å². The molecule has 3 saturated heterocycles. The molecule has 4 aromatic heterocycles. The molecule has 30 nitrogen and oxygen atoms in total. The number of carbonyl (C=O) groups is 4. The number of benzene rings is 2. The van der Waals surface area contributed by atoms with Crippen molar-refractivity contribution in [1.82, 2.24) is 58.3 Å². The molecule has 0 aliphatic carbocycles. The second-order valence-electron chi connectivity index (χ2n) is 18.7. The minimum atomic E-state index is -3.63. The van der Waals surface area contributed by atoms with E-state index in [0.717, 1.165) is 0 Å². The van der Waals surface area contributed by atoms with Crippen LogP contribution in [-0.2, 0) is 48.6 Å². The second-order valence-corrected chi connectivity index (χ2v) is 22.6. The first-order valence-electron chi connectivity index (χ1n) is 25.9. The molecule has 81 heavy (non-hydrogen) atoms. The van der Waals surface area contributed by atoms with Crippen molar-refractivity contribution >= 4 is 89.3 Å². The number of imidazole rings is 2. The summed E-state index contributed by atoms with van der Waals surface area (Å²) in [7, 11) is -7.25. The van der Waals surface area contributed by atoms with E-state index in [0.29, 0.717) is 56.3 Å². The van der Waals surface area contributed by atoms with Crippen LogP contribution >= 0.6 is 0 Å². The van der Waals surface area contributed by atoms with Crippen LogP contribution in [0.25, 0.3) is 22.3 Å². The van der Waals surface area contributed by atoms with E-state index in [1.165, 1.54) is 87.0 Å². The molecule has 436 valence electrons. The Morgan fingerprint density at radius 2 is 0.963 bits per heavy atom. The van der Waals surface area contributed by atoms with E-state index in [4.69, 9.17) is 18.9 Å². The fraction of sp³-hybridized carbons (Fsp3) is 0.469. The first kappa shape index (κ1) is 59.7. The third-order valence-electron chi connectivity index (χ3n) is 13.1. The summed E-state index contributed by atoms with van der Waals surface area (Å²) in [5.74, 6) is -1.62. The van der Waals surface area contributed by atoms with Crippen LogP contribution in [0, 0.1) is 0 Å². The minimum Gasteiger partial charge on any atom is -0.387 e. The van der Waals surface area contributed by atoms with E-state index in [1.807, 2.05) is 6.92 Å². The molecule has 3 aliphatic rings. The number of anilines is 4. The molecule has 0 bridgehead atoms. The number of nitrogens with zero attached hydrogens (tertiary/aromatic N) is 10. The number of nitrogens with one attached hydrogen (secondary N) is 6. The van der Waals surface area contributed by atoms with Crippen LogP contribution in [0.1, 0.15) is 67.8 Å². The minimum absolute atomic E-state index is 0.0466. The summed E-state index contributed by atoms with van der Waals surface area (Å²) in [6, 6.07) is 10.3. The molecular weight excluding hydrogens is 1100 g/mol. The highest BCUT2D eigenvalue weighted by Crippen LogP contribution is 2.44. The fourth-order valence-electron chi connectivity index (χ4n) is 9.31. The molecule has 0 saturated carbocycles. The highest BCUT2D eigenvalue weighted by molar-refractivity contribution is 7.89. The second kappa shape index (κ2) is 24.8. The van der Waals surface area contributed by atoms with E-state index in [9.17, 15) is 46.2 Å². The summed E-state index contributed by atoms with van der Waals surface area (Å²) in [5.41, 5.74) is 1.70. The number of aliphatic hydroxyl groups is 2. The van der Waals surface area contributed by atoms with E-state index in [1.54, 1.807) is 53.0 Å². The molecular formula is C49H64N16O14S2. The Morgan fingerprint density at radius 1 is 0.556 bits per heavy atom. The van der Waals surface area contributed by atoms with Gasteiger partial charge in [-0.05, 0) is 76.2 Å². The largest absolute Gasteiger partial charge is 0.387 e. The average molecular weight is 1170 g/mol. The van der Waals surface area contributed by atoms with E-state index in [2.05, 4.69) is 61.8 Å². The summed E-state index contributed by atoms with van der Waals surface area (Å²) in [4.78, 5) is 75.9. The Labute approximate surface area is 465 Å². The van der Waals surface area contributed by atoms with Crippen LogP contribution < -0.4 is 31.9 Å². The van der Waals surface area contributed by atoms with Crippen LogP contribution in [-0.4, -0.2) is 180 Å². The molecule has 8 atom stereocenters. The number of aliphatic hydroxyl groups excluding tert-OH is 2. The van der Waals surface area contributed by atoms with Gasteiger partial charge < -0.3 is 50.4 Å². The van der Waals surface area contributed by atoms with Crippen molar-refractivity contribution in [2.75, 3.05) is 60.5 Å². The van der Waals surface area contributed by atoms with Crippen molar-refractivity contribution < 1.29 is 65.2 Å². The van der Waals surface area contributed by atoms with Gasteiger partial charge in [0.05, 0.1) is 22.4 Å². The van der Waals surface area contributed by atoms with Gasteiger partial charge in [0.15, 0.2) is 64.4 Å². The van der Waals surface area contributed by atoms with Crippen LogP contribution in [0.4, 0.5) is 32.6 Å². The average Bonchev–Trinajstić information content (AvgIpc) is 4.44. The maximum Gasteiger partial charge on any atom is 0.324 e. The van der Waals surface area contributed by atoms with Crippen LogP contribution in [0.2, 0.25) is 0 Å². The number of fused-ring (bicyclic) bond motifs is 3. The third-order valence-corrected chi connectivity index (χ3v) is 17.3. The summed E-state index contributed by atoms with van der Waals surface area (Å²) in [6.45, 7) is 16.3. The van der Waals surface area contributed by atoms with E-state index >= 15 is 0 Å². The Morgan fingerprint density at radius 3 is 1.40 bits per heavy atom. The molecule has 9 rings (SSSR count). The maximum atomic E-state index is 12.8. The molecule has 3 fully saturated rings. The quantitative estimate of drug-likeness (QED) is 0.0612. The van der Waals surface area contributed by atoms with Crippen molar-refractivity contribution in [3.63, 3.8) is 0 Å². The fourth-order valence-corrected chi connectivity index (χ4v) is 12.2. The predicted molar refractivity (Wildman–Crippen MR) is 290 cm³/mol.